The molecule has 0 radical (unpaired) electrons. The molecule has 2 nitrogen and oxygen atoms in total. The molecule has 0 aliphatic heterocycles. The molecule has 1 rings (SSSR count). The van der Waals surface area contributed by atoms with Gasteiger partial charge in [-0.2, -0.15) is 0 Å². The van der Waals surface area contributed by atoms with Gasteiger partial charge in [-0.15, -0.1) is 0 Å². The van der Waals surface area contributed by atoms with Gasteiger partial charge in [-0.05, 0) is 12.4 Å². The van der Waals surface area contributed by atoms with Crippen molar-refractivity contribution in [1.29, 1.82) is 0 Å². The van der Waals surface area contributed by atoms with Crippen LogP contribution in [0.25, 0.3) is 0 Å². The smallest absolute Gasteiger partial charge is 0.132 e. The van der Waals surface area contributed by atoms with Crippen LogP contribution in [0.3, 0.4) is 0 Å². The molecule has 0 atom stereocenters. The van der Waals surface area contributed by atoms with Crippen LogP contribution >= 0.6 is 11.6 Å². The first-order valence-electron chi connectivity index (χ1n) is 4.73. The van der Waals surface area contributed by atoms with Gasteiger partial charge in [0.15, 0.2) is 0 Å². The molecule has 0 aliphatic rings. The maximum absolute atomic E-state index is 7.37. The van der Waals surface area contributed by atoms with Crippen molar-refractivity contribution >= 4 is 11.6 Å². The Balaban J connectivity index is 3.16. The molecule has 0 aliphatic carbocycles. The quantitative estimate of drug-likeness (QED) is 0.565. The third kappa shape index (κ3) is 1.64. The molecule has 0 saturated carbocycles. The Morgan fingerprint density at radius 2 is 2.78 bits per heavy atom. The molecular weight excluding hydrogens is 136 g/mol. The molecule has 0 N–H and O–H groups in total. The van der Waals surface area contributed by atoms with E-state index in [-0.39, 0.29) is 10.8 Å². The lowest BCUT2D eigenvalue weighted by Gasteiger charge is -1.91. The molecule has 1 aromatic heterocycles. The Morgan fingerprint density at radius 3 is 3.44 bits per heavy atom. The Hall–Kier alpha value is -0.630. The molecule has 0 unspecified atom stereocenters. The van der Waals surface area contributed by atoms with E-state index in [1.807, 2.05) is 0 Å². The largest absolute Gasteiger partial charge is 0.241 e. The highest BCUT2D eigenvalue weighted by atomic mass is 35.5. The van der Waals surface area contributed by atoms with Gasteiger partial charge < -0.3 is 0 Å². The number of halogens is 1. The maximum Gasteiger partial charge on any atom is 0.132 e. The molecule has 0 fully saturated rings. The van der Waals surface area contributed by atoms with E-state index in [0.29, 0.717) is 0 Å². The zero-order chi connectivity index (χ0) is 11.0. The van der Waals surface area contributed by atoms with Gasteiger partial charge in [0.25, 0.3) is 0 Å². The number of aryl methyl sites for hydroxylation is 1. The Morgan fingerprint density at radius 1 is 1.89 bits per heavy atom. The summed E-state index contributed by atoms with van der Waals surface area (Å²) < 4.78 is 35.7. The maximum atomic E-state index is 7.37. The molecule has 3 heteroatoms. The summed E-state index contributed by atoms with van der Waals surface area (Å²) in [5.74, 6) is 0. The van der Waals surface area contributed by atoms with Crippen molar-refractivity contribution in [3.05, 3.63) is 23.2 Å². The van der Waals surface area contributed by atoms with Crippen LogP contribution < -0.4 is 0 Å². The molecule has 9 heavy (non-hydrogen) atoms. The average Bonchev–Trinajstić information content (AvgIpc) is 2.02. The van der Waals surface area contributed by atoms with E-state index in [0.717, 1.165) is 12.4 Å². The second kappa shape index (κ2) is 2.78. The van der Waals surface area contributed by atoms with E-state index in [2.05, 4.69) is 9.97 Å². The lowest BCUT2D eigenvalue weighted by atomic mass is 10.3. The number of hydrogen-bond donors (Lipinski definition) is 0. The van der Waals surface area contributed by atoms with E-state index in [4.69, 9.17) is 18.5 Å². The van der Waals surface area contributed by atoms with Gasteiger partial charge in [-0.3, -0.25) is 0 Å². The van der Waals surface area contributed by atoms with Crippen LogP contribution in [0.1, 0.15) is 19.4 Å². The zero-order valence-electron chi connectivity index (χ0n) is 9.43. The summed E-state index contributed by atoms with van der Waals surface area (Å²) in [6.45, 7) is -2.77. The summed E-state index contributed by atoms with van der Waals surface area (Å²) in [5.41, 5.74) is -0.238. The summed E-state index contributed by atoms with van der Waals surface area (Å²) >= 11 is 5.50. The van der Waals surface area contributed by atoms with Gasteiger partial charge in [0.05, 0.1) is 0 Å². The summed E-state index contributed by atoms with van der Waals surface area (Å²) in [6.07, 6.45) is -1.49. The molecule has 1 aromatic rings. The Kier molecular flexibility index (Phi) is 0.786. The van der Waals surface area contributed by atoms with Gasteiger partial charge >= 0.3 is 0 Å². The van der Waals surface area contributed by atoms with Crippen molar-refractivity contribution in [2.45, 2.75) is 13.2 Å². The van der Waals surface area contributed by atoms with E-state index < -0.39 is 13.2 Å². The SMILES string of the molecule is [2H]C([2H])([2H])C([2H])([2H])c1cc(Cl)ncn1. The van der Waals surface area contributed by atoms with Crippen molar-refractivity contribution in [1.82, 2.24) is 9.97 Å². The van der Waals surface area contributed by atoms with Gasteiger partial charge in [0.2, 0.25) is 0 Å². The zero-order valence-corrected chi connectivity index (χ0v) is 5.18. The molecule has 48 valence electrons. The first kappa shape index (κ1) is 2.54. The molecule has 0 bridgehead atoms. The van der Waals surface area contributed by atoms with E-state index >= 15 is 0 Å². The normalized spacial score (nSPS) is 20.8. The predicted octanol–water partition coefficient (Wildman–Crippen LogP) is 1.69. The fourth-order valence-electron chi connectivity index (χ4n) is 0.402. The van der Waals surface area contributed by atoms with Crippen LogP contribution in [0.2, 0.25) is 5.15 Å². The minimum Gasteiger partial charge on any atom is -0.241 e. The second-order valence-electron chi connectivity index (χ2n) is 1.35. The highest BCUT2D eigenvalue weighted by Crippen LogP contribution is 2.03. The number of aromatic nitrogens is 2. The van der Waals surface area contributed by atoms with Crippen molar-refractivity contribution in [3.8, 4) is 0 Å². The summed E-state index contributed by atoms with van der Waals surface area (Å²) in [7, 11) is 0. The fourth-order valence-corrected chi connectivity index (χ4v) is 0.549. The highest BCUT2D eigenvalue weighted by Gasteiger charge is 1.90. The Labute approximate surface area is 65.9 Å². The average molecular weight is 148 g/mol. The van der Waals surface area contributed by atoms with Crippen molar-refractivity contribution in [3.63, 3.8) is 0 Å². The van der Waals surface area contributed by atoms with Gasteiger partial charge in [-0.1, -0.05) is 18.5 Å². The van der Waals surface area contributed by atoms with Crippen molar-refractivity contribution in [2.24, 2.45) is 0 Å². The lowest BCUT2D eigenvalue weighted by Crippen LogP contribution is -1.86. The third-order valence-electron chi connectivity index (χ3n) is 0.762. The topological polar surface area (TPSA) is 25.8 Å². The first-order valence-corrected chi connectivity index (χ1v) is 2.61. The Bertz CT molecular complexity index is 337. The van der Waals surface area contributed by atoms with Gasteiger partial charge in [0.1, 0.15) is 11.5 Å². The van der Waals surface area contributed by atoms with Crippen LogP contribution in [0, 0.1) is 0 Å². The standard InChI is InChI=1S/C6H7ClN2/c1-2-5-3-6(7)9-4-8-5/h3-4H,2H2,1H3/i1D3,2D2. The monoisotopic (exact) mass is 147 g/mol. The summed E-state index contributed by atoms with van der Waals surface area (Å²) in [5, 5.41) is 0.0168. The molecule has 0 aromatic carbocycles. The minimum absolute atomic E-state index is 0.0168. The molecule has 0 amide bonds. The van der Waals surface area contributed by atoms with E-state index in [1.54, 1.807) is 0 Å². The lowest BCUT2D eigenvalue weighted by molar-refractivity contribution is 0.998. The van der Waals surface area contributed by atoms with Gasteiger partial charge in [-0.25, -0.2) is 9.97 Å². The predicted molar refractivity (Wildman–Crippen MR) is 36.4 cm³/mol. The second-order valence-corrected chi connectivity index (χ2v) is 1.74. The molecular formula is C6H7ClN2. The molecule has 1 heterocycles. The fraction of sp³-hybridized carbons (Fsp3) is 0.333. The third-order valence-corrected chi connectivity index (χ3v) is 0.968. The molecule has 0 saturated heterocycles. The first-order chi connectivity index (χ1) is 6.25. The van der Waals surface area contributed by atoms with Crippen LogP contribution in [0.15, 0.2) is 12.4 Å². The van der Waals surface area contributed by atoms with Crippen LogP contribution in [0.5, 0.6) is 0 Å². The number of nitrogens with zero attached hydrogens (tertiary/aromatic N) is 2. The molecule has 0 spiro atoms. The number of hydrogen-bond acceptors (Lipinski definition) is 2. The van der Waals surface area contributed by atoms with Crippen molar-refractivity contribution < 1.29 is 6.85 Å². The van der Waals surface area contributed by atoms with E-state index in [1.165, 1.54) is 0 Å². The van der Waals surface area contributed by atoms with E-state index in [9.17, 15) is 0 Å². The van der Waals surface area contributed by atoms with Crippen molar-refractivity contribution in [2.75, 3.05) is 0 Å². The van der Waals surface area contributed by atoms with Crippen LogP contribution in [0.4, 0.5) is 0 Å². The summed E-state index contributed by atoms with van der Waals surface area (Å²) in [4.78, 5) is 7.09. The minimum atomic E-state index is -2.77. The summed E-state index contributed by atoms with van der Waals surface area (Å²) in [6, 6.07) is 1.11. The number of rotatable bonds is 1. The van der Waals surface area contributed by atoms with Crippen LogP contribution in [-0.4, -0.2) is 9.97 Å². The van der Waals surface area contributed by atoms with Crippen LogP contribution in [-0.2, 0) is 6.37 Å². The van der Waals surface area contributed by atoms with Gasteiger partial charge in [0, 0.05) is 12.5 Å². The highest BCUT2D eigenvalue weighted by molar-refractivity contribution is 6.29.